The van der Waals surface area contributed by atoms with E-state index in [1.165, 1.54) is 12.1 Å². The van der Waals surface area contributed by atoms with Crippen molar-refractivity contribution in [3.05, 3.63) is 44.0 Å². The third-order valence-corrected chi connectivity index (χ3v) is 3.42. The molecule has 1 heterocycles. The quantitative estimate of drug-likeness (QED) is 0.612. The van der Waals surface area contributed by atoms with Gasteiger partial charge in [-0.2, -0.15) is 0 Å². The first-order valence-electron chi connectivity index (χ1n) is 6.04. The third kappa shape index (κ3) is 2.64. The lowest BCUT2D eigenvalue weighted by atomic mass is 9.88. The monoisotopic (exact) mass is 279 g/mol. The van der Waals surface area contributed by atoms with Crippen LogP contribution in [0.3, 0.4) is 0 Å². The Morgan fingerprint density at radius 3 is 2.55 bits per heavy atom. The minimum atomic E-state index is -0.689. The second kappa shape index (κ2) is 5.33. The minimum absolute atomic E-state index is 0.0694. The third-order valence-electron chi connectivity index (χ3n) is 3.42. The molecule has 0 aromatic heterocycles. The number of carbonyl (C=O) groups is 1. The molecule has 20 heavy (non-hydrogen) atoms. The van der Waals surface area contributed by atoms with E-state index in [0.29, 0.717) is 19.5 Å². The molecule has 106 valence electrons. The fourth-order valence-corrected chi connectivity index (χ4v) is 2.35. The Morgan fingerprint density at radius 1 is 1.25 bits per heavy atom. The van der Waals surface area contributed by atoms with Crippen LogP contribution in [0.1, 0.15) is 17.9 Å². The van der Waals surface area contributed by atoms with E-state index in [0.717, 1.165) is 6.07 Å². The number of carbonyl (C=O) groups excluding carboxylic acids is 1. The fraction of sp³-hybridized carbons (Fsp3) is 0.417. The van der Waals surface area contributed by atoms with Crippen molar-refractivity contribution < 1.29 is 14.6 Å². The molecule has 1 aliphatic rings. The second-order valence-electron chi connectivity index (χ2n) is 4.79. The smallest absolute Gasteiger partial charge is 0.280 e. The van der Waals surface area contributed by atoms with Gasteiger partial charge in [-0.15, -0.1) is 0 Å². The van der Waals surface area contributed by atoms with Crippen LogP contribution in [-0.4, -0.2) is 40.7 Å². The average Bonchev–Trinajstić information content (AvgIpc) is 2.40. The van der Waals surface area contributed by atoms with E-state index in [-0.39, 0.29) is 22.7 Å². The van der Waals surface area contributed by atoms with Crippen molar-refractivity contribution in [2.45, 2.75) is 12.3 Å². The number of ketones is 1. The van der Waals surface area contributed by atoms with E-state index >= 15 is 0 Å². The van der Waals surface area contributed by atoms with Gasteiger partial charge in [0.15, 0.2) is 0 Å². The van der Waals surface area contributed by atoms with Gasteiger partial charge in [-0.3, -0.25) is 25.0 Å². The Hall–Kier alpha value is -2.35. The van der Waals surface area contributed by atoms with Crippen LogP contribution in [0.5, 0.6) is 0 Å². The first-order valence-corrected chi connectivity index (χ1v) is 6.04. The molecule has 1 unspecified atom stereocenters. The van der Waals surface area contributed by atoms with Gasteiger partial charge in [0.25, 0.3) is 11.4 Å². The highest BCUT2D eigenvalue weighted by Gasteiger charge is 2.33. The maximum atomic E-state index is 12.0. The molecule has 1 atom stereocenters. The summed E-state index contributed by atoms with van der Waals surface area (Å²) in [7, 11) is 1.83. The van der Waals surface area contributed by atoms with Crippen LogP contribution in [0.25, 0.3) is 0 Å². The number of rotatable bonds is 3. The highest BCUT2D eigenvalue weighted by atomic mass is 16.6. The number of Topliss-reactive ketones (excluding diaryl/α,β-unsaturated/α-hetero) is 1. The van der Waals surface area contributed by atoms with Crippen LogP contribution in [0.15, 0.2) is 18.2 Å². The van der Waals surface area contributed by atoms with Crippen LogP contribution in [0.4, 0.5) is 11.4 Å². The van der Waals surface area contributed by atoms with Crippen molar-refractivity contribution in [3.63, 3.8) is 0 Å². The van der Waals surface area contributed by atoms with Crippen LogP contribution in [0.2, 0.25) is 0 Å². The number of likely N-dealkylation sites (N-methyl/N-ethyl adjacent to an activating group) is 1. The first-order chi connectivity index (χ1) is 9.40. The lowest BCUT2D eigenvalue weighted by Gasteiger charge is -2.28. The van der Waals surface area contributed by atoms with E-state index in [1.54, 1.807) is 0 Å². The number of likely N-dealkylation sites (tertiary alicyclic amines) is 1. The number of nitrogens with zero attached hydrogens (tertiary/aromatic N) is 3. The summed E-state index contributed by atoms with van der Waals surface area (Å²) in [6.45, 7) is 1.01. The van der Waals surface area contributed by atoms with Gasteiger partial charge in [-0.05, 0) is 13.1 Å². The topological polar surface area (TPSA) is 107 Å². The molecule has 0 radical (unpaired) electrons. The van der Waals surface area contributed by atoms with E-state index in [4.69, 9.17) is 0 Å². The molecular formula is C12H13N3O5. The van der Waals surface area contributed by atoms with E-state index in [9.17, 15) is 25.0 Å². The number of non-ortho nitro benzene ring substituents is 1. The SMILES string of the molecule is CN1CCC(=O)C(c2ccc([N+](=O)[O-])cc2[N+](=O)[O-])C1. The summed E-state index contributed by atoms with van der Waals surface area (Å²) < 4.78 is 0. The normalized spacial score (nSPS) is 19.9. The van der Waals surface area contributed by atoms with Gasteiger partial charge in [-0.25, -0.2) is 0 Å². The number of nitro benzene ring substituents is 2. The predicted octanol–water partition coefficient (Wildman–Crippen LogP) is 1.49. The highest BCUT2D eigenvalue weighted by Crippen LogP contribution is 2.33. The summed E-state index contributed by atoms with van der Waals surface area (Å²) in [4.78, 5) is 34.3. The number of nitro groups is 2. The molecule has 0 bridgehead atoms. The van der Waals surface area contributed by atoms with Crippen molar-refractivity contribution in [1.29, 1.82) is 0 Å². The Balaban J connectivity index is 2.47. The molecule has 0 aliphatic carbocycles. The maximum absolute atomic E-state index is 12.0. The molecule has 0 spiro atoms. The number of piperidine rings is 1. The summed E-state index contributed by atoms with van der Waals surface area (Å²) >= 11 is 0. The zero-order valence-corrected chi connectivity index (χ0v) is 10.8. The second-order valence-corrected chi connectivity index (χ2v) is 4.79. The molecule has 1 aliphatic heterocycles. The van der Waals surface area contributed by atoms with Gasteiger partial charge < -0.3 is 4.90 Å². The molecule has 0 N–H and O–H groups in total. The maximum Gasteiger partial charge on any atom is 0.280 e. The molecule has 0 amide bonds. The van der Waals surface area contributed by atoms with Crippen molar-refractivity contribution in [2.24, 2.45) is 0 Å². The molecule has 1 aromatic carbocycles. The Labute approximate surface area is 114 Å². The predicted molar refractivity (Wildman–Crippen MR) is 69.6 cm³/mol. The largest absolute Gasteiger partial charge is 0.305 e. The van der Waals surface area contributed by atoms with Crippen molar-refractivity contribution in [3.8, 4) is 0 Å². The molecule has 8 nitrogen and oxygen atoms in total. The van der Waals surface area contributed by atoms with Gasteiger partial charge in [0, 0.05) is 31.1 Å². The number of benzene rings is 1. The van der Waals surface area contributed by atoms with Gasteiger partial charge >= 0.3 is 0 Å². The van der Waals surface area contributed by atoms with E-state index in [1.807, 2.05) is 11.9 Å². The van der Waals surface area contributed by atoms with Gasteiger partial charge in [-0.1, -0.05) is 0 Å². The van der Waals surface area contributed by atoms with Crippen molar-refractivity contribution >= 4 is 17.2 Å². The summed E-state index contributed by atoms with van der Waals surface area (Å²) in [5, 5.41) is 21.8. The molecular weight excluding hydrogens is 266 g/mol. The van der Waals surface area contributed by atoms with Crippen LogP contribution in [0, 0.1) is 20.2 Å². The lowest BCUT2D eigenvalue weighted by molar-refractivity contribution is -0.394. The minimum Gasteiger partial charge on any atom is -0.305 e. The lowest BCUT2D eigenvalue weighted by Crippen LogP contribution is -2.37. The van der Waals surface area contributed by atoms with Gasteiger partial charge in [0.1, 0.15) is 5.78 Å². The van der Waals surface area contributed by atoms with Gasteiger partial charge in [0.05, 0.1) is 21.8 Å². The van der Waals surface area contributed by atoms with Crippen LogP contribution >= 0.6 is 0 Å². The number of hydrogen-bond donors (Lipinski definition) is 0. The average molecular weight is 279 g/mol. The summed E-state index contributed by atoms with van der Waals surface area (Å²) in [6.07, 6.45) is 0.329. The molecule has 1 saturated heterocycles. The molecule has 1 fully saturated rings. The van der Waals surface area contributed by atoms with Crippen molar-refractivity contribution in [2.75, 3.05) is 20.1 Å². The van der Waals surface area contributed by atoms with Crippen LogP contribution < -0.4 is 0 Å². The highest BCUT2D eigenvalue weighted by molar-refractivity contribution is 5.88. The Bertz CT molecular complexity index is 586. The van der Waals surface area contributed by atoms with E-state index < -0.39 is 15.8 Å². The van der Waals surface area contributed by atoms with Crippen LogP contribution in [-0.2, 0) is 4.79 Å². The zero-order valence-electron chi connectivity index (χ0n) is 10.8. The molecule has 2 rings (SSSR count). The number of hydrogen-bond acceptors (Lipinski definition) is 6. The zero-order chi connectivity index (χ0) is 14.9. The summed E-state index contributed by atoms with van der Waals surface area (Å²) in [6, 6.07) is 3.43. The fourth-order valence-electron chi connectivity index (χ4n) is 2.35. The summed E-state index contributed by atoms with van der Waals surface area (Å²) in [5.41, 5.74) is -0.470. The Morgan fingerprint density at radius 2 is 1.95 bits per heavy atom. The Kier molecular flexibility index (Phi) is 3.75. The standard InChI is InChI=1S/C12H13N3O5/c1-13-5-4-12(16)10(7-13)9-3-2-8(14(17)18)6-11(9)15(19)20/h2-3,6,10H,4-5,7H2,1H3. The van der Waals surface area contributed by atoms with Gasteiger partial charge in [0.2, 0.25) is 0 Å². The summed E-state index contributed by atoms with van der Waals surface area (Å²) in [5.74, 6) is -0.671. The molecule has 8 heteroatoms. The molecule has 1 aromatic rings. The molecule has 0 saturated carbocycles. The van der Waals surface area contributed by atoms with E-state index in [2.05, 4.69) is 0 Å². The van der Waals surface area contributed by atoms with Crippen molar-refractivity contribution in [1.82, 2.24) is 4.90 Å². The first kappa shape index (κ1) is 14.1.